The Balaban J connectivity index is 1.99. The summed E-state index contributed by atoms with van der Waals surface area (Å²) in [6.45, 7) is 2.67. The zero-order chi connectivity index (χ0) is 15.3. The molecule has 2 aromatic rings. The summed E-state index contributed by atoms with van der Waals surface area (Å²) in [5.41, 5.74) is 0.204. The van der Waals surface area contributed by atoms with Crippen LogP contribution in [0, 0.1) is 0 Å². The fraction of sp³-hybridized carbons (Fsp3) is 0.333. The van der Waals surface area contributed by atoms with Gasteiger partial charge in [0.25, 0.3) is 0 Å². The third-order valence-corrected chi connectivity index (χ3v) is 3.25. The lowest BCUT2D eigenvalue weighted by atomic mass is 9.96. The summed E-state index contributed by atoms with van der Waals surface area (Å²) >= 11 is 0. The molecule has 0 aliphatic heterocycles. The molecule has 0 saturated heterocycles. The van der Waals surface area contributed by atoms with Crippen LogP contribution in [0.3, 0.4) is 0 Å². The van der Waals surface area contributed by atoms with Crippen LogP contribution in [0.2, 0.25) is 0 Å². The van der Waals surface area contributed by atoms with Gasteiger partial charge in [0.05, 0.1) is 0 Å². The molecule has 0 aliphatic carbocycles. The molecule has 0 aliphatic rings. The summed E-state index contributed by atoms with van der Waals surface area (Å²) in [7, 11) is 0. The number of hydrogen-bond acceptors (Lipinski definition) is 3. The van der Waals surface area contributed by atoms with E-state index in [-0.39, 0.29) is 5.92 Å². The van der Waals surface area contributed by atoms with E-state index in [1.54, 1.807) is 0 Å². The largest absolute Gasteiger partial charge is 0.435 e. The van der Waals surface area contributed by atoms with Gasteiger partial charge in [-0.25, -0.2) is 0 Å². The molecular weight excluding hydrogens is 279 g/mol. The number of alkyl halides is 3. The monoisotopic (exact) mass is 295 g/mol. The van der Waals surface area contributed by atoms with Crippen molar-refractivity contribution in [2.75, 3.05) is 11.9 Å². The normalized spacial score (nSPS) is 13.0. The van der Waals surface area contributed by atoms with Crippen LogP contribution in [-0.2, 0) is 6.18 Å². The first-order valence-corrected chi connectivity index (χ1v) is 6.70. The van der Waals surface area contributed by atoms with E-state index in [1.165, 1.54) is 11.6 Å². The number of halogens is 3. The maximum absolute atomic E-state index is 12.4. The van der Waals surface area contributed by atoms with Crippen LogP contribution >= 0.6 is 0 Å². The van der Waals surface area contributed by atoms with Crippen LogP contribution in [0.25, 0.3) is 0 Å². The number of anilines is 1. The Morgan fingerprint density at radius 1 is 1.05 bits per heavy atom. The first kappa shape index (κ1) is 15.3. The van der Waals surface area contributed by atoms with E-state index in [1.807, 2.05) is 30.3 Å². The SMILES string of the molecule is CCC(CNc1ccc(C(F)(F)F)nn1)c1ccccc1. The number of benzene rings is 1. The van der Waals surface area contributed by atoms with Crippen molar-refractivity contribution < 1.29 is 13.2 Å². The van der Waals surface area contributed by atoms with Gasteiger partial charge in [-0.3, -0.25) is 0 Å². The van der Waals surface area contributed by atoms with E-state index in [0.29, 0.717) is 12.4 Å². The molecule has 0 radical (unpaired) electrons. The standard InChI is InChI=1S/C15H16F3N3/c1-2-11(12-6-4-3-5-7-12)10-19-14-9-8-13(20-21-14)15(16,17)18/h3-9,11H,2,10H2,1H3,(H,19,21). The molecule has 1 N–H and O–H groups in total. The second kappa shape index (κ2) is 6.56. The van der Waals surface area contributed by atoms with E-state index in [4.69, 9.17) is 0 Å². The summed E-state index contributed by atoms with van der Waals surface area (Å²) < 4.78 is 37.2. The smallest absolute Gasteiger partial charge is 0.368 e. The Bertz CT molecular complexity index is 553. The van der Waals surface area contributed by atoms with Gasteiger partial charge in [-0.15, -0.1) is 10.2 Å². The van der Waals surface area contributed by atoms with E-state index >= 15 is 0 Å². The molecular formula is C15H16F3N3. The highest BCUT2D eigenvalue weighted by Gasteiger charge is 2.32. The lowest BCUT2D eigenvalue weighted by Gasteiger charge is -2.16. The minimum absolute atomic E-state index is 0.273. The van der Waals surface area contributed by atoms with E-state index < -0.39 is 11.9 Å². The third-order valence-electron chi connectivity index (χ3n) is 3.25. The van der Waals surface area contributed by atoms with Crippen molar-refractivity contribution >= 4 is 5.82 Å². The van der Waals surface area contributed by atoms with Gasteiger partial charge in [0.2, 0.25) is 0 Å². The van der Waals surface area contributed by atoms with Crippen molar-refractivity contribution in [2.24, 2.45) is 0 Å². The highest BCUT2D eigenvalue weighted by Crippen LogP contribution is 2.27. The predicted molar refractivity (Wildman–Crippen MR) is 75.0 cm³/mol. The molecule has 0 saturated carbocycles. The second-order valence-electron chi connectivity index (χ2n) is 4.70. The minimum Gasteiger partial charge on any atom is -0.368 e. The van der Waals surface area contributed by atoms with Crippen LogP contribution in [0.5, 0.6) is 0 Å². The predicted octanol–water partition coefficient (Wildman–Crippen LogP) is 4.10. The summed E-state index contributed by atoms with van der Waals surface area (Å²) in [5.74, 6) is 0.618. The molecule has 0 fully saturated rings. The first-order chi connectivity index (χ1) is 10.0. The van der Waals surface area contributed by atoms with Crippen LogP contribution in [0.1, 0.15) is 30.5 Å². The number of nitrogens with one attached hydrogen (secondary N) is 1. The Labute approximate surface area is 121 Å². The quantitative estimate of drug-likeness (QED) is 0.902. The number of rotatable bonds is 5. The average Bonchev–Trinajstić information content (AvgIpc) is 2.48. The lowest BCUT2D eigenvalue weighted by molar-refractivity contribution is -0.141. The second-order valence-corrected chi connectivity index (χ2v) is 4.70. The first-order valence-electron chi connectivity index (χ1n) is 6.70. The van der Waals surface area contributed by atoms with Crippen molar-refractivity contribution in [1.82, 2.24) is 10.2 Å². The van der Waals surface area contributed by atoms with Crippen molar-refractivity contribution in [3.8, 4) is 0 Å². The van der Waals surface area contributed by atoms with Crippen molar-refractivity contribution in [1.29, 1.82) is 0 Å². The fourth-order valence-electron chi connectivity index (χ4n) is 2.03. The number of hydrogen-bond donors (Lipinski definition) is 1. The van der Waals surface area contributed by atoms with E-state index in [2.05, 4.69) is 22.4 Å². The van der Waals surface area contributed by atoms with Crippen molar-refractivity contribution in [3.05, 3.63) is 53.7 Å². The Hall–Kier alpha value is -2.11. The zero-order valence-corrected chi connectivity index (χ0v) is 11.6. The summed E-state index contributed by atoms with van der Waals surface area (Å²) in [5, 5.41) is 9.78. The van der Waals surface area contributed by atoms with Gasteiger partial charge < -0.3 is 5.32 Å². The minimum atomic E-state index is -4.46. The van der Waals surface area contributed by atoms with Crippen molar-refractivity contribution in [3.63, 3.8) is 0 Å². The highest BCUT2D eigenvalue weighted by atomic mass is 19.4. The third kappa shape index (κ3) is 4.18. The van der Waals surface area contributed by atoms with Gasteiger partial charge in [0.1, 0.15) is 5.82 Å². The van der Waals surface area contributed by atoms with Gasteiger partial charge in [-0.2, -0.15) is 13.2 Å². The van der Waals surface area contributed by atoms with Gasteiger partial charge in [0, 0.05) is 12.5 Å². The molecule has 21 heavy (non-hydrogen) atoms. The summed E-state index contributed by atoms with van der Waals surface area (Å²) in [6, 6.07) is 12.2. The molecule has 1 aromatic heterocycles. The lowest BCUT2D eigenvalue weighted by Crippen LogP contribution is -2.14. The molecule has 0 bridgehead atoms. The Morgan fingerprint density at radius 2 is 1.76 bits per heavy atom. The molecule has 1 heterocycles. The average molecular weight is 295 g/mol. The number of nitrogens with zero attached hydrogens (tertiary/aromatic N) is 2. The zero-order valence-electron chi connectivity index (χ0n) is 11.6. The van der Waals surface area contributed by atoms with Crippen LogP contribution < -0.4 is 5.32 Å². The molecule has 2 rings (SSSR count). The molecule has 1 atom stereocenters. The van der Waals surface area contributed by atoms with Gasteiger partial charge in [-0.05, 0) is 24.1 Å². The maximum atomic E-state index is 12.4. The Kier molecular flexibility index (Phi) is 4.77. The van der Waals surface area contributed by atoms with Gasteiger partial charge in [-0.1, -0.05) is 37.3 Å². The van der Waals surface area contributed by atoms with Crippen LogP contribution in [-0.4, -0.2) is 16.7 Å². The van der Waals surface area contributed by atoms with Gasteiger partial charge >= 0.3 is 6.18 Å². The number of aromatic nitrogens is 2. The summed E-state index contributed by atoms with van der Waals surface area (Å²) in [6.07, 6.45) is -3.54. The fourth-order valence-corrected chi connectivity index (χ4v) is 2.03. The molecule has 6 heteroatoms. The van der Waals surface area contributed by atoms with E-state index in [9.17, 15) is 13.2 Å². The van der Waals surface area contributed by atoms with Crippen molar-refractivity contribution in [2.45, 2.75) is 25.4 Å². The molecule has 1 aromatic carbocycles. The molecule has 3 nitrogen and oxygen atoms in total. The maximum Gasteiger partial charge on any atom is 0.435 e. The molecule has 1 unspecified atom stereocenters. The summed E-state index contributed by atoms with van der Waals surface area (Å²) in [4.78, 5) is 0. The van der Waals surface area contributed by atoms with E-state index in [0.717, 1.165) is 12.5 Å². The highest BCUT2D eigenvalue weighted by molar-refractivity contribution is 5.34. The topological polar surface area (TPSA) is 37.8 Å². The van der Waals surface area contributed by atoms with Crippen LogP contribution in [0.4, 0.5) is 19.0 Å². The molecule has 112 valence electrons. The molecule has 0 spiro atoms. The van der Waals surface area contributed by atoms with Gasteiger partial charge in [0.15, 0.2) is 5.69 Å². The molecule has 0 amide bonds. The van der Waals surface area contributed by atoms with Crippen LogP contribution in [0.15, 0.2) is 42.5 Å². The Morgan fingerprint density at radius 3 is 2.29 bits per heavy atom.